The van der Waals surface area contributed by atoms with Crippen LogP contribution in [0.4, 0.5) is 5.69 Å². The maximum absolute atomic E-state index is 10.8. The van der Waals surface area contributed by atoms with Crippen LogP contribution in [-0.4, -0.2) is 10.9 Å². The lowest BCUT2D eigenvalue weighted by molar-refractivity contribution is 0.296. The van der Waals surface area contributed by atoms with Gasteiger partial charge >= 0.3 is 0 Å². The number of hydrogen-bond acceptors (Lipinski definition) is 5. The molecule has 0 bridgehead atoms. The Morgan fingerprint density at radius 3 is 2.33 bits per heavy atom. The highest BCUT2D eigenvalue weighted by Crippen LogP contribution is 2.17. The van der Waals surface area contributed by atoms with E-state index in [4.69, 9.17) is 11.0 Å². The van der Waals surface area contributed by atoms with Crippen molar-refractivity contribution in [2.75, 3.05) is 5.23 Å². The highest BCUT2D eigenvalue weighted by Gasteiger charge is 2.07. The third kappa shape index (κ3) is 2.48. The fourth-order valence-electron chi connectivity index (χ4n) is 1.68. The highest BCUT2D eigenvalue weighted by atomic mass is 16.8. The molecule has 92 valence electrons. The summed E-state index contributed by atoms with van der Waals surface area (Å²) < 4.78 is 0. The van der Waals surface area contributed by atoms with Crippen molar-refractivity contribution in [1.29, 1.82) is 0 Å². The van der Waals surface area contributed by atoms with Crippen LogP contribution in [0.5, 0.6) is 0 Å². The van der Waals surface area contributed by atoms with E-state index in [1.54, 1.807) is 12.1 Å². The zero-order valence-electron chi connectivity index (χ0n) is 9.52. The summed E-state index contributed by atoms with van der Waals surface area (Å²) in [5.41, 5.74) is 2.19. The van der Waals surface area contributed by atoms with Gasteiger partial charge in [0.15, 0.2) is 0 Å². The second-order valence-corrected chi connectivity index (χ2v) is 3.67. The molecule has 0 aromatic heterocycles. The molecule has 2 rings (SSSR count). The van der Waals surface area contributed by atoms with Crippen LogP contribution in [0.25, 0.3) is 0 Å². The summed E-state index contributed by atoms with van der Waals surface area (Å²) in [6, 6.07) is 15.8. The fourth-order valence-corrected chi connectivity index (χ4v) is 1.68. The van der Waals surface area contributed by atoms with E-state index in [1.165, 1.54) is 12.1 Å². The van der Waals surface area contributed by atoms with Crippen molar-refractivity contribution in [2.45, 2.75) is 0 Å². The second-order valence-electron chi connectivity index (χ2n) is 3.67. The number of hydrazone groups is 1. The van der Waals surface area contributed by atoms with E-state index >= 15 is 0 Å². The van der Waals surface area contributed by atoms with Gasteiger partial charge in [0.1, 0.15) is 0 Å². The molecule has 18 heavy (non-hydrogen) atoms. The molecule has 0 atom stereocenters. The minimum Gasteiger partial charge on any atom is -0.733 e. The van der Waals surface area contributed by atoms with Gasteiger partial charge in [0, 0.05) is 11.1 Å². The van der Waals surface area contributed by atoms with E-state index in [0.29, 0.717) is 11.3 Å². The predicted octanol–water partition coefficient (Wildman–Crippen LogP) is 2.09. The minimum absolute atomic E-state index is 0.129. The third-order valence-corrected chi connectivity index (χ3v) is 2.52. The van der Waals surface area contributed by atoms with E-state index in [-0.39, 0.29) is 10.9 Å². The molecule has 0 aliphatic carbocycles. The summed E-state index contributed by atoms with van der Waals surface area (Å²) >= 11 is 0. The Morgan fingerprint density at radius 1 is 1.06 bits per heavy atom. The van der Waals surface area contributed by atoms with Crippen LogP contribution >= 0.6 is 0 Å². The Bertz CT molecular complexity index is 553. The van der Waals surface area contributed by atoms with Crippen molar-refractivity contribution >= 4 is 11.4 Å². The number of nitrogens with zero attached hydrogens (tertiary/aromatic N) is 2. The first-order valence-corrected chi connectivity index (χ1v) is 5.32. The number of anilines is 1. The van der Waals surface area contributed by atoms with Gasteiger partial charge in [-0.2, -0.15) is 5.10 Å². The largest absolute Gasteiger partial charge is 0.733 e. The Labute approximate surface area is 104 Å². The zero-order valence-corrected chi connectivity index (χ0v) is 9.52. The average molecular weight is 242 g/mol. The fraction of sp³-hybridized carbons (Fsp3) is 0. The molecule has 0 unspecified atom stereocenters. The average Bonchev–Trinajstić information content (AvgIpc) is 2.41. The molecule has 0 aliphatic heterocycles. The maximum Gasteiger partial charge on any atom is 0.0972 e. The Balaban J connectivity index is 2.44. The van der Waals surface area contributed by atoms with Crippen LogP contribution in [-0.2, 0) is 0 Å². The summed E-state index contributed by atoms with van der Waals surface area (Å²) in [6.07, 6.45) is 0. The molecule has 0 heterocycles. The van der Waals surface area contributed by atoms with Gasteiger partial charge in [0.05, 0.1) is 11.4 Å². The van der Waals surface area contributed by atoms with Gasteiger partial charge in [-0.15, -0.1) is 0 Å². The van der Waals surface area contributed by atoms with E-state index in [0.717, 1.165) is 5.56 Å². The summed E-state index contributed by atoms with van der Waals surface area (Å²) in [7, 11) is 0. The van der Waals surface area contributed by atoms with Crippen LogP contribution in [0, 0.1) is 5.21 Å². The summed E-state index contributed by atoms with van der Waals surface area (Å²) in [5, 5.41) is 23.3. The molecule has 0 spiro atoms. The first-order chi connectivity index (χ1) is 8.72. The molecule has 0 amide bonds. The van der Waals surface area contributed by atoms with Crippen molar-refractivity contribution in [2.24, 2.45) is 10.9 Å². The molecule has 0 radical (unpaired) electrons. The summed E-state index contributed by atoms with van der Waals surface area (Å²) in [5.74, 6) is 5.40. The lowest BCUT2D eigenvalue weighted by Gasteiger charge is -2.22. The first kappa shape index (κ1) is 12.1. The summed E-state index contributed by atoms with van der Waals surface area (Å²) in [4.78, 5) is 0. The molecule has 5 nitrogen and oxygen atoms in total. The predicted molar refractivity (Wildman–Crippen MR) is 70.3 cm³/mol. The van der Waals surface area contributed by atoms with Gasteiger partial charge in [-0.05, 0) is 12.1 Å². The molecule has 5 heteroatoms. The van der Waals surface area contributed by atoms with E-state index < -0.39 is 0 Å². The van der Waals surface area contributed by atoms with Crippen LogP contribution in [0.3, 0.4) is 0 Å². The molecule has 0 saturated heterocycles. The number of nitrogens with two attached hydrogens (primary N) is 1. The molecular formula is C13H12N3O2-. The van der Waals surface area contributed by atoms with Crippen LogP contribution in [0.15, 0.2) is 59.7 Å². The monoisotopic (exact) mass is 242 g/mol. The van der Waals surface area contributed by atoms with Crippen molar-refractivity contribution in [3.8, 4) is 0 Å². The van der Waals surface area contributed by atoms with Crippen molar-refractivity contribution in [3.05, 3.63) is 70.9 Å². The van der Waals surface area contributed by atoms with E-state index in [9.17, 15) is 5.21 Å². The Hall–Kier alpha value is -2.37. The minimum atomic E-state index is -0.192. The van der Waals surface area contributed by atoms with E-state index in [1.807, 2.05) is 30.3 Å². The molecule has 3 N–H and O–H groups in total. The number of rotatable bonds is 3. The van der Waals surface area contributed by atoms with Gasteiger partial charge in [0.2, 0.25) is 0 Å². The number of hydrogen-bond donors (Lipinski definition) is 2. The quantitative estimate of drug-likeness (QED) is 0.490. The molecule has 2 aromatic rings. The normalized spacial score (nSPS) is 11.3. The lowest BCUT2D eigenvalue weighted by Crippen LogP contribution is -2.10. The molecule has 0 aliphatic rings. The van der Waals surface area contributed by atoms with Gasteiger partial charge in [-0.25, -0.2) is 0 Å². The van der Waals surface area contributed by atoms with E-state index in [2.05, 4.69) is 5.10 Å². The van der Waals surface area contributed by atoms with Crippen LogP contribution in [0.1, 0.15) is 11.1 Å². The van der Waals surface area contributed by atoms with Gasteiger partial charge in [-0.1, -0.05) is 42.5 Å². The summed E-state index contributed by atoms with van der Waals surface area (Å²) in [6.45, 7) is 0. The molecule has 0 fully saturated rings. The maximum atomic E-state index is 10.8. The highest BCUT2D eigenvalue weighted by molar-refractivity contribution is 6.13. The second kappa shape index (κ2) is 5.31. The smallest absolute Gasteiger partial charge is 0.0972 e. The van der Waals surface area contributed by atoms with Crippen LogP contribution in [0.2, 0.25) is 0 Å². The Morgan fingerprint density at radius 2 is 1.72 bits per heavy atom. The molecule has 2 aromatic carbocycles. The molecular weight excluding hydrogens is 230 g/mol. The molecule has 0 saturated carbocycles. The van der Waals surface area contributed by atoms with Gasteiger partial charge in [0.25, 0.3) is 0 Å². The van der Waals surface area contributed by atoms with Crippen molar-refractivity contribution < 1.29 is 5.21 Å². The first-order valence-electron chi connectivity index (χ1n) is 5.32. The standard InChI is InChI=1S/C13H12N3O2/c14-15-13(10-5-2-1-3-6-10)11-7-4-8-12(9-11)16(17)18/h1-9,17H,14H2/q-1. The third-order valence-electron chi connectivity index (χ3n) is 2.52. The van der Waals surface area contributed by atoms with Crippen molar-refractivity contribution in [3.63, 3.8) is 0 Å². The van der Waals surface area contributed by atoms with Crippen molar-refractivity contribution in [1.82, 2.24) is 0 Å². The van der Waals surface area contributed by atoms with Gasteiger partial charge in [-0.3, -0.25) is 5.21 Å². The SMILES string of the molecule is NN=C(c1ccccc1)c1cccc(N([O-])O)c1. The zero-order chi connectivity index (χ0) is 13.0. The van der Waals surface area contributed by atoms with Gasteiger partial charge < -0.3 is 16.3 Å². The Kier molecular flexibility index (Phi) is 3.57. The topological polar surface area (TPSA) is 84.9 Å². The van der Waals surface area contributed by atoms with Crippen LogP contribution < -0.4 is 11.1 Å². The lowest BCUT2D eigenvalue weighted by atomic mass is 10.0. The number of benzene rings is 2.